The van der Waals surface area contributed by atoms with Crippen LogP contribution in [0.1, 0.15) is 16.8 Å². The van der Waals surface area contributed by atoms with Gasteiger partial charge in [-0.3, -0.25) is 9.59 Å². The van der Waals surface area contributed by atoms with E-state index < -0.39 is 29.2 Å². The van der Waals surface area contributed by atoms with Crippen LogP contribution in [0.5, 0.6) is 0 Å². The van der Waals surface area contributed by atoms with Gasteiger partial charge in [-0.15, -0.1) is 0 Å². The summed E-state index contributed by atoms with van der Waals surface area (Å²) >= 11 is 3.05. The minimum atomic E-state index is -2.67. The van der Waals surface area contributed by atoms with E-state index in [1.807, 2.05) is 0 Å². The van der Waals surface area contributed by atoms with Crippen molar-refractivity contribution >= 4 is 33.4 Å². The van der Waals surface area contributed by atoms with Gasteiger partial charge in [0.1, 0.15) is 6.10 Å². The minimum Gasteiger partial charge on any atom is -0.375 e. The molecule has 0 bridgehead atoms. The summed E-state index contributed by atoms with van der Waals surface area (Å²) in [5.41, 5.74) is 5.83. The number of hydrogen-bond donors (Lipinski definition) is 2. The summed E-state index contributed by atoms with van der Waals surface area (Å²) in [6.07, 6.45) is -4.16. The smallest absolute Gasteiger partial charge is 0.264 e. The van der Waals surface area contributed by atoms with E-state index in [0.29, 0.717) is 11.3 Å². The summed E-state index contributed by atoms with van der Waals surface area (Å²) in [7, 11) is 1.16. The fourth-order valence-electron chi connectivity index (χ4n) is 1.55. The van der Waals surface area contributed by atoms with Crippen LogP contribution < -0.4 is 11.1 Å². The van der Waals surface area contributed by atoms with Crippen molar-refractivity contribution in [2.45, 2.75) is 23.8 Å². The van der Waals surface area contributed by atoms with Crippen LogP contribution in [0.2, 0.25) is 0 Å². The van der Waals surface area contributed by atoms with E-state index in [1.54, 1.807) is 0 Å². The molecule has 0 aliphatic carbocycles. The van der Waals surface area contributed by atoms with Gasteiger partial charge in [-0.25, -0.2) is 8.78 Å². The van der Waals surface area contributed by atoms with Crippen LogP contribution in [0, 0.1) is 0 Å². The molecule has 0 fully saturated rings. The number of alkyl halides is 3. The van der Waals surface area contributed by atoms with Crippen LogP contribution in [-0.4, -0.2) is 36.3 Å². The number of carbonyl (C=O) groups is 2. The molecule has 0 unspecified atom stereocenters. The molecule has 1 aromatic rings. The van der Waals surface area contributed by atoms with Crippen LogP contribution in [0.15, 0.2) is 24.3 Å². The Balaban J connectivity index is 2.61. The number of ether oxygens (including phenoxy) is 1. The van der Waals surface area contributed by atoms with E-state index in [4.69, 9.17) is 5.73 Å². The Morgan fingerprint density at radius 1 is 1.33 bits per heavy atom. The van der Waals surface area contributed by atoms with Crippen molar-refractivity contribution in [3.63, 3.8) is 0 Å². The number of anilines is 1. The van der Waals surface area contributed by atoms with E-state index >= 15 is 0 Å². The van der Waals surface area contributed by atoms with Crippen LogP contribution in [0.25, 0.3) is 0 Å². The SMILES string of the molecule is CO[C@H](C[C@@H](Br)C(=O)Nc1ccc(C(N)=O)cc1)C(F)F. The topological polar surface area (TPSA) is 81.4 Å². The second-order valence-electron chi connectivity index (χ2n) is 4.24. The second-order valence-corrected chi connectivity index (χ2v) is 5.35. The zero-order chi connectivity index (χ0) is 16.0. The highest BCUT2D eigenvalue weighted by Gasteiger charge is 2.26. The van der Waals surface area contributed by atoms with Crippen LogP contribution >= 0.6 is 15.9 Å². The third-order valence-electron chi connectivity index (χ3n) is 2.74. The van der Waals surface area contributed by atoms with Gasteiger partial charge in [-0.2, -0.15) is 0 Å². The molecule has 0 radical (unpaired) electrons. The van der Waals surface area contributed by atoms with Gasteiger partial charge in [0.05, 0.1) is 4.83 Å². The maximum atomic E-state index is 12.5. The van der Waals surface area contributed by atoms with Gasteiger partial charge in [0, 0.05) is 24.8 Å². The Labute approximate surface area is 129 Å². The summed E-state index contributed by atoms with van der Waals surface area (Å²) in [4.78, 5) is 21.9. The number of halogens is 3. The molecular weight excluding hydrogens is 350 g/mol. The zero-order valence-electron chi connectivity index (χ0n) is 11.2. The summed E-state index contributed by atoms with van der Waals surface area (Å²) in [5.74, 6) is -1.06. The predicted octanol–water partition coefficient (Wildman–Crippen LogP) is 2.16. The third-order valence-corrected chi connectivity index (χ3v) is 3.53. The van der Waals surface area contributed by atoms with Gasteiger partial charge < -0.3 is 15.8 Å². The van der Waals surface area contributed by atoms with Crippen molar-refractivity contribution in [2.24, 2.45) is 5.73 Å². The standard InChI is InChI=1S/C13H15BrF2N2O3/c1-21-10(11(15)16)6-9(14)13(20)18-8-4-2-7(3-5-8)12(17)19/h2-5,9-11H,6H2,1H3,(H2,17,19)(H,18,20)/t9-,10-/m1/s1. The molecule has 21 heavy (non-hydrogen) atoms. The van der Waals surface area contributed by atoms with Crippen LogP contribution in [0.4, 0.5) is 14.5 Å². The number of amides is 2. The molecule has 0 aliphatic rings. The van der Waals surface area contributed by atoms with Crippen molar-refractivity contribution in [2.75, 3.05) is 12.4 Å². The van der Waals surface area contributed by atoms with Crippen molar-refractivity contribution in [1.29, 1.82) is 0 Å². The lowest BCUT2D eigenvalue weighted by molar-refractivity contribution is -0.116. The van der Waals surface area contributed by atoms with Gasteiger partial charge in [0.15, 0.2) is 0 Å². The Morgan fingerprint density at radius 2 is 1.90 bits per heavy atom. The molecule has 3 N–H and O–H groups in total. The van der Waals surface area contributed by atoms with E-state index in [9.17, 15) is 18.4 Å². The summed E-state index contributed by atoms with van der Waals surface area (Å²) in [5, 5.41) is 2.54. The summed E-state index contributed by atoms with van der Waals surface area (Å²) < 4.78 is 29.7. The number of primary amides is 1. The van der Waals surface area contributed by atoms with E-state index in [0.717, 1.165) is 7.11 Å². The van der Waals surface area contributed by atoms with Crippen molar-refractivity contribution in [1.82, 2.24) is 0 Å². The Bertz CT molecular complexity index is 497. The highest BCUT2D eigenvalue weighted by molar-refractivity contribution is 9.10. The maximum absolute atomic E-state index is 12.5. The first-order valence-electron chi connectivity index (χ1n) is 6.01. The molecule has 2 atom stereocenters. The van der Waals surface area contributed by atoms with Crippen LogP contribution in [0.3, 0.4) is 0 Å². The van der Waals surface area contributed by atoms with Crippen molar-refractivity contribution in [3.8, 4) is 0 Å². The molecule has 8 heteroatoms. The summed E-state index contributed by atoms with van der Waals surface area (Å²) in [6, 6.07) is 5.91. The molecule has 1 rings (SSSR count). The molecule has 116 valence electrons. The molecule has 0 aliphatic heterocycles. The normalized spacial score (nSPS) is 13.8. The van der Waals surface area contributed by atoms with E-state index in [2.05, 4.69) is 26.0 Å². The number of carbonyl (C=O) groups excluding carboxylic acids is 2. The number of methoxy groups -OCH3 is 1. The summed E-state index contributed by atoms with van der Waals surface area (Å²) in [6.45, 7) is 0. The highest BCUT2D eigenvalue weighted by Crippen LogP contribution is 2.18. The quantitative estimate of drug-likeness (QED) is 0.727. The highest BCUT2D eigenvalue weighted by atomic mass is 79.9. The van der Waals surface area contributed by atoms with Gasteiger partial charge in [-0.05, 0) is 24.3 Å². The number of benzene rings is 1. The fourth-order valence-corrected chi connectivity index (χ4v) is 2.03. The molecule has 0 aromatic heterocycles. The lowest BCUT2D eigenvalue weighted by Gasteiger charge is -2.17. The van der Waals surface area contributed by atoms with Crippen molar-refractivity contribution in [3.05, 3.63) is 29.8 Å². The minimum absolute atomic E-state index is 0.167. The Kier molecular flexibility index (Phi) is 6.70. The first-order valence-corrected chi connectivity index (χ1v) is 6.92. The third kappa shape index (κ3) is 5.39. The zero-order valence-corrected chi connectivity index (χ0v) is 12.8. The second kappa shape index (κ2) is 8.04. The molecule has 1 aromatic carbocycles. The fraction of sp³-hybridized carbons (Fsp3) is 0.385. The number of nitrogens with one attached hydrogen (secondary N) is 1. The molecule has 0 heterocycles. The number of rotatable bonds is 7. The Morgan fingerprint density at radius 3 is 2.33 bits per heavy atom. The predicted molar refractivity (Wildman–Crippen MR) is 77.7 cm³/mol. The Hall–Kier alpha value is -1.54. The maximum Gasteiger partial charge on any atom is 0.264 e. The number of hydrogen-bond acceptors (Lipinski definition) is 3. The average Bonchev–Trinajstić information content (AvgIpc) is 2.44. The molecule has 5 nitrogen and oxygen atoms in total. The molecular formula is C13H15BrF2N2O3. The van der Waals surface area contributed by atoms with E-state index in [1.165, 1.54) is 24.3 Å². The molecule has 0 spiro atoms. The van der Waals surface area contributed by atoms with Crippen molar-refractivity contribution < 1.29 is 23.1 Å². The number of nitrogens with two attached hydrogens (primary N) is 1. The van der Waals surface area contributed by atoms with Crippen LogP contribution in [-0.2, 0) is 9.53 Å². The monoisotopic (exact) mass is 364 g/mol. The molecule has 0 saturated heterocycles. The van der Waals surface area contributed by atoms with Gasteiger partial charge >= 0.3 is 0 Å². The van der Waals surface area contributed by atoms with Gasteiger partial charge in [0.25, 0.3) is 6.43 Å². The van der Waals surface area contributed by atoms with E-state index in [-0.39, 0.29) is 6.42 Å². The first-order chi connectivity index (χ1) is 9.85. The largest absolute Gasteiger partial charge is 0.375 e. The van der Waals surface area contributed by atoms with Gasteiger partial charge in [0.2, 0.25) is 11.8 Å². The lowest BCUT2D eigenvalue weighted by Crippen LogP contribution is -2.31. The molecule has 2 amide bonds. The van der Waals surface area contributed by atoms with Gasteiger partial charge in [-0.1, -0.05) is 15.9 Å². The average molecular weight is 365 g/mol. The lowest BCUT2D eigenvalue weighted by atomic mass is 10.1. The molecule has 0 saturated carbocycles. The first kappa shape index (κ1) is 17.5.